The second kappa shape index (κ2) is 12.5. The third-order valence-corrected chi connectivity index (χ3v) is 8.24. The van der Waals surface area contributed by atoms with E-state index in [-0.39, 0.29) is 37.2 Å². The molecule has 3 heterocycles. The molecule has 11 heteroatoms. The molecule has 10 nitrogen and oxygen atoms in total. The van der Waals surface area contributed by atoms with Crippen molar-refractivity contribution in [3.63, 3.8) is 0 Å². The molecule has 0 bridgehead atoms. The molecule has 3 aliphatic rings. The number of nitrogens with two attached hydrogens (primary N) is 1. The SMILES string of the molecule is C=Cc1cc2c(O[C@@H]3C[C@H]4C(=O)N[C@]5(C(=O)O)C[C@H]5/C=C\CCCCC[C@H](N)C(=O)N4C3)nccc2cc1OC.Cl. The maximum Gasteiger partial charge on any atom is 0.330 e. The number of pyridine rings is 1. The quantitative estimate of drug-likeness (QED) is 0.453. The lowest BCUT2D eigenvalue weighted by molar-refractivity contribution is -0.145. The molecule has 0 spiro atoms. The van der Waals surface area contributed by atoms with Crippen molar-refractivity contribution in [3.05, 3.63) is 48.7 Å². The Bertz CT molecular complexity index is 1370. The normalized spacial score (nSPS) is 29.1. The van der Waals surface area contributed by atoms with Crippen LogP contribution in [0.1, 0.15) is 50.5 Å². The van der Waals surface area contributed by atoms with Crippen molar-refractivity contribution in [3.8, 4) is 11.6 Å². The average Bonchev–Trinajstić information content (AvgIpc) is 3.48. The maximum atomic E-state index is 13.6. The third kappa shape index (κ3) is 6.04. The number of carbonyl (C=O) groups is 3. The van der Waals surface area contributed by atoms with Crippen molar-refractivity contribution in [2.45, 2.75) is 68.7 Å². The number of aromatic nitrogens is 1. The van der Waals surface area contributed by atoms with Crippen LogP contribution >= 0.6 is 12.4 Å². The summed E-state index contributed by atoms with van der Waals surface area (Å²) in [5.41, 5.74) is 5.71. The van der Waals surface area contributed by atoms with Crippen molar-refractivity contribution in [1.82, 2.24) is 15.2 Å². The molecule has 0 radical (unpaired) electrons. The minimum absolute atomic E-state index is 0. The fourth-order valence-electron chi connectivity index (χ4n) is 5.82. The van der Waals surface area contributed by atoms with Crippen LogP contribution in [0, 0.1) is 5.92 Å². The van der Waals surface area contributed by atoms with Crippen LogP contribution in [0.15, 0.2) is 43.1 Å². The fourth-order valence-corrected chi connectivity index (χ4v) is 5.82. The summed E-state index contributed by atoms with van der Waals surface area (Å²) in [6.07, 6.45) is 11.1. The number of nitrogens with one attached hydrogen (secondary N) is 1. The molecule has 1 saturated carbocycles. The molecular formula is C30H37ClN4O6. The second-order valence-corrected chi connectivity index (χ2v) is 10.9. The van der Waals surface area contributed by atoms with Gasteiger partial charge in [0.05, 0.1) is 19.7 Å². The highest BCUT2D eigenvalue weighted by Gasteiger charge is 2.61. The number of nitrogens with zero attached hydrogens (tertiary/aromatic N) is 2. The summed E-state index contributed by atoms with van der Waals surface area (Å²) in [6.45, 7) is 3.99. The van der Waals surface area contributed by atoms with Crippen LogP contribution in [-0.4, -0.2) is 70.2 Å². The van der Waals surface area contributed by atoms with Crippen molar-refractivity contribution in [1.29, 1.82) is 0 Å². The number of hydrogen-bond donors (Lipinski definition) is 3. The molecule has 41 heavy (non-hydrogen) atoms. The maximum absolute atomic E-state index is 13.6. The number of allylic oxidation sites excluding steroid dienone is 1. The fraction of sp³-hybridized carbons (Fsp3) is 0.467. The Morgan fingerprint density at radius 1 is 1.29 bits per heavy atom. The van der Waals surface area contributed by atoms with Gasteiger partial charge in [-0.15, -0.1) is 12.4 Å². The Labute approximate surface area is 245 Å². The number of rotatable bonds is 5. The van der Waals surface area contributed by atoms with Crippen molar-refractivity contribution in [2.75, 3.05) is 13.7 Å². The summed E-state index contributed by atoms with van der Waals surface area (Å²) in [7, 11) is 1.59. The van der Waals surface area contributed by atoms with Gasteiger partial charge in [-0.1, -0.05) is 37.6 Å². The number of carboxylic acid groups (broad SMARTS) is 1. The third-order valence-electron chi connectivity index (χ3n) is 8.24. The standard InChI is InChI=1S/C30H36N4O6.ClH/c1-3-18-13-22-19(14-25(18)39-2)11-12-32-27(22)40-21-15-24-26(35)33-30(29(37)38)16-20(30)9-7-5-4-6-8-10-23(31)28(36)34(24)17-21;/h3,7,9,11-14,20-21,23-24H,1,4-6,8,10,15-17,31H2,2H3,(H,33,35)(H,37,38);1H/b9-7-;/t20-,21-,23+,24+,30-;/m1./s1. The largest absolute Gasteiger partial charge is 0.496 e. The Hall–Kier alpha value is -3.63. The molecule has 0 unspecified atom stereocenters. The van der Waals surface area contributed by atoms with Crippen LogP contribution in [0.3, 0.4) is 0 Å². The number of halogens is 1. The Balaban J connectivity index is 0.00000387. The van der Waals surface area contributed by atoms with Gasteiger partial charge in [-0.05, 0) is 49.3 Å². The van der Waals surface area contributed by atoms with E-state index in [1.807, 2.05) is 30.4 Å². The molecule has 2 aliphatic heterocycles. The van der Waals surface area contributed by atoms with Gasteiger partial charge in [-0.2, -0.15) is 0 Å². The predicted octanol–water partition coefficient (Wildman–Crippen LogP) is 3.46. The summed E-state index contributed by atoms with van der Waals surface area (Å²) in [5.74, 6) is -1.17. The first-order chi connectivity index (χ1) is 19.3. The molecule has 1 saturated heterocycles. The number of aliphatic carboxylic acids is 1. The number of benzene rings is 1. The molecular weight excluding hydrogens is 548 g/mol. The lowest BCUT2D eigenvalue weighted by atomic mass is 10.1. The number of fused-ring (bicyclic) bond motifs is 3. The number of amides is 2. The summed E-state index contributed by atoms with van der Waals surface area (Å²) < 4.78 is 11.8. The number of hydrogen-bond acceptors (Lipinski definition) is 7. The zero-order valence-electron chi connectivity index (χ0n) is 23.1. The van der Waals surface area contributed by atoms with Gasteiger partial charge in [0, 0.05) is 29.5 Å². The van der Waals surface area contributed by atoms with Gasteiger partial charge in [0.15, 0.2) is 0 Å². The van der Waals surface area contributed by atoms with Crippen molar-refractivity contribution < 1.29 is 29.0 Å². The van der Waals surface area contributed by atoms with E-state index in [2.05, 4.69) is 16.9 Å². The summed E-state index contributed by atoms with van der Waals surface area (Å²) in [6, 6.07) is 3.94. The molecule has 220 valence electrons. The Morgan fingerprint density at radius 3 is 2.83 bits per heavy atom. The van der Waals surface area contributed by atoms with Gasteiger partial charge in [0.1, 0.15) is 23.4 Å². The highest BCUT2D eigenvalue weighted by molar-refractivity contribution is 5.95. The molecule has 1 aliphatic carbocycles. The van der Waals surface area contributed by atoms with E-state index in [0.29, 0.717) is 24.5 Å². The molecule has 1 aromatic carbocycles. The molecule has 1 aromatic heterocycles. The number of ether oxygens (including phenoxy) is 2. The lowest BCUT2D eigenvalue weighted by Gasteiger charge is -2.27. The zero-order valence-corrected chi connectivity index (χ0v) is 23.9. The van der Waals surface area contributed by atoms with E-state index in [1.54, 1.807) is 19.4 Å². The summed E-state index contributed by atoms with van der Waals surface area (Å²) >= 11 is 0. The lowest BCUT2D eigenvalue weighted by Crippen LogP contribution is -2.55. The highest BCUT2D eigenvalue weighted by Crippen LogP contribution is 2.45. The van der Waals surface area contributed by atoms with Gasteiger partial charge >= 0.3 is 5.97 Å². The van der Waals surface area contributed by atoms with E-state index in [0.717, 1.165) is 42.0 Å². The zero-order chi connectivity index (χ0) is 28.4. The highest BCUT2D eigenvalue weighted by atomic mass is 35.5. The number of methoxy groups -OCH3 is 1. The number of carbonyl (C=O) groups excluding carboxylic acids is 2. The van der Waals surface area contributed by atoms with Crippen LogP contribution < -0.4 is 20.5 Å². The average molecular weight is 585 g/mol. The molecule has 2 amide bonds. The van der Waals surface area contributed by atoms with Gasteiger partial charge in [0.2, 0.25) is 17.7 Å². The molecule has 5 rings (SSSR count). The smallest absolute Gasteiger partial charge is 0.330 e. The molecule has 2 fully saturated rings. The molecule has 5 atom stereocenters. The first-order valence-electron chi connectivity index (χ1n) is 13.8. The van der Waals surface area contributed by atoms with Gasteiger partial charge in [-0.3, -0.25) is 9.59 Å². The first-order valence-corrected chi connectivity index (χ1v) is 13.8. The van der Waals surface area contributed by atoms with E-state index in [4.69, 9.17) is 15.2 Å². The van der Waals surface area contributed by atoms with Gasteiger partial charge in [0.25, 0.3) is 0 Å². The second-order valence-electron chi connectivity index (χ2n) is 10.9. The van der Waals surface area contributed by atoms with E-state index in [9.17, 15) is 19.5 Å². The van der Waals surface area contributed by atoms with E-state index >= 15 is 0 Å². The minimum atomic E-state index is -1.36. The van der Waals surface area contributed by atoms with Gasteiger partial charge in [-0.25, -0.2) is 9.78 Å². The Kier molecular flexibility index (Phi) is 9.24. The monoisotopic (exact) mass is 584 g/mol. The summed E-state index contributed by atoms with van der Waals surface area (Å²) in [4.78, 5) is 45.1. The minimum Gasteiger partial charge on any atom is -0.496 e. The van der Waals surface area contributed by atoms with Crippen LogP contribution in [0.5, 0.6) is 11.6 Å². The predicted molar refractivity (Wildman–Crippen MR) is 157 cm³/mol. The first kappa shape index (κ1) is 30.3. The van der Waals surface area contributed by atoms with E-state index < -0.39 is 35.6 Å². The van der Waals surface area contributed by atoms with E-state index in [1.165, 1.54) is 4.90 Å². The summed E-state index contributed by atoms with van der Waals surface area (Å²) in [5, 5.41) is 14.3. The van der Waals surface area contributed by atoms with Gasteiger partial charge < -0.3 is 30.5 Å². The van der Waals surface area contributed by atoms with Crippen LogP contribution in [-0.2, 0) is 14.4 Å². The van der Waals surface area contributed by atoms with Crippen LogP contribution in [0.2, 0.25) is 0 Å². The number of carboxylic acids is 1. The molecule has 4 N–H and O–H groups in total. The Morgan fingerprint density at radius 2 is 2.10 bits per heavy atom. The van der Waals surface area contributed by atoms with Crippen molar-refractivity contribution >= 4 is 47.0 Å². The van der Waals surface area contributed by atoms with Crippen molar-refractivity contribution in [2.24, 2.45) is 11.7 Å². The van der Waals surface area contributed by atoms with Crippen LogP contribution in [0.25, 0.3) is 16.8 Å². The topological polar surface area (TPSA) is 144 Å². The molecule has 2 aromatic rings. The van der Waals surface area contributed by atoms with Crippen LogP contribution in [0.4, 0.5) is 0 Å².